The third kappa shape index (κ3) is 4.80. The zero-order valence-electron chi connectivity index (χ0n) is 17.6. The van der Waals surface area contributed by atoms with Crippen LogP contribution in [0.15, 0.2) is 46.1 Å². The minimum Gasteiger partial charge on any atom is -0.505 e. The van der Waals surface area contributed by atoms with Gasteiger partial charge in [-0.05, 0) is 31.2 Å². The van der Waals surface area contributed by atoms with E-state index in [1.54, 1.807) is 39.2 Å². The van der Waals surface area contributed by atoms with Crippen LogP contribution in [0.5, 0.6) is 5.75 Å². The molecule has 0 fully saturated rings. The second-order valence-corrected chi connectivity index (χ2v) is 6.43. The van der Waals surface area contributed by atoms with Gasteiger partial charge in [-0.3, -0.25) is 19.7 Å². The largest absolute Gasteiger partial charge is 0.505 e. The van der Waals surface area contributed by atoms with Crippen LogP contribution in [-0.4, -0.2) is 41.8 Å². The first kappa shape index (κ1) is 22.5. The van der Waals surface area contributed by atoms with Crippen molar-refractivity contribution in [1.29, 1.82) is 0 Å². The van der Waals surface area contributed by atoms with Crippen LogP contribution in [0, 0.1) is 6.92 Å². The average molecular weight is 414 g/mol. The molecular weight excluding hydrogens is 388 g/mol. The van der Waals surface area contributed by atoms with Crippen molar-refractivity contribution in [2.45, 2.75) is 27.3 Å². The summed E-state index contributed by atoms with van der Waals surface area (Å²) in [6.45, 7) is 5.99. The molecule has 9 nitrogen and oxygen atoms in total. The SMILES string of the molecule is CC.Cc1ccc(CNC2=C(Nc3cccc(C(=O)N(C)C)c3O)C(=O)NC2=O)o1. The summed E-state index contributed by atoms with van der Waals surface area (Å²) in [4.78, 5) is 37.8. The normalized spacial score (nSPS) is 12.8. The van der Waals surface area contributed by atoms with Gasteiger partial charge in [-0.1, -0.05) is 19.9 Å². The maximum Gasteiger partial charge on any atom is 0.276 e. The van der Waals surface area contributed by atoms with Gasteiger partial charge >= 0.3 is 0 Å². The summed E-state index contributed by atoms with van der Waals surface area (Å²) >= 11 is 0. The second-order valence-electron chi connectivity index (χ2n) is 6.43. The maximum absolute atomic E-state index is 12.2. The zero-order valence-corrected chi connectivity index (χ0v) is 17.6. The number of carbonyl (C=O) groups excluding carboxylic acids is 3. The molecule has 160 valence electrons. The van der Waals surface area contributed by atoms with Crippen LogP contribution in [0.1, 0.15) is 35.7 Å². The van der Waals surface area contributed by atoms with Gasteiger partial charge in [0, 0.05) is 14.1 Å². The molecule has 3 rings (SSSR count). The Bertz CT molecular complexity index is 991. The predicted octanol–water partition coefficient (Wildman–Crippen LogP) is 2.09. The van der Waals surface area contributed by atoms with Gasteiger partial charge in [-0.25, -0.2) is 0 Å². The molecule has 0 bridgehead atoms. The van der Waals surface area contributed by atoms with Gasteiger partial charge in [-0.2, -0.15) is 0 Å². The fourth-order valence-electron chi connectivity index (χ4n) is 2.69. The standard InChI is InChI=1S/C19H20N4O5.C2H6/c1-10-7-8-11(28-10)9-20-14-15(18(26)22-17(14)25)21-13-6-4-5-12(16(13)24)19(27)23(2)3;1-2/h4-8,24H,9H2,1-3H3,(H3,20,21,22,25,26);1-2H3. The van der Waals surface area contributed by atoms with Gasteiger partial charge in [0.25, 0.3) is 17.7 Å². The molecule has 3 amide bonds. The molecule has 0 saturated heterocycles. The number of carbonyl (C=O) groups is 3. The van der Waals surface area contributed by atoms with Crippen LogP contribution in [-0.2, 0) is 16.1 Å². The van der Waals surface area contributed by atoms with E-state index in [0.717, 1.165) is 5.76 Å². The molecule has 0 spiro atoms. The van der Waals surface area contributed by atoms with Gasteiger partial charge in [0.1, 0.15) is 22.9 Å². The van der Waals surface area contributed by atoms with E-state index in [9.17, 15) is 19.5 Å². The molecule has 0 radical (unpaired) electrons. The number of imide groups is 1. The lowest BCUT2D eigenvalue weighted by molar-refractivity contribution is -0.124. The lowest BCUT2D eigenvalue weighted by Crippen LogP contribution is -2.27. The highest BCUT2D eigenvalue weighted by atomic mass is 16.3. The van der Waals surface area contributed by atoms with Crippen LogP contribution in [0.2, 0.25) is 0 Å². The number of rotatable bonds is 6. The molecule has 0 atom stereocenters. The summed E-state index contributed by atoms with van der Waals surface area (Å²) in [5, 5.41) is 18.2. The number of anilines is 1. The highest BCUT2D eigenvalue weighted by Gasteiger charge is 2.31. The number of phenolic OH excluding ortho intramolecular Hbond substituents is 1. The van der Waals surface area contributed by atoms with Crippen LogP contribution >= 0.6 is 0 Å². The smallest absolute Gasteiger partial charge is 0.276 e. The number of amides is 3. The van der Waals surface area contributed by atoms with Crippen molar-refractivity contribution < 1.29 is 23.9 Å². The fraction of sp³-hybridized carbons (Fsp3) is 0.286. The number of hydrogen-bond donors (Lipinski definition) is 4. The molecule has 1 aliphatic rings. The zero-order chi connectivity index (χ0) is 22.4. The number of aromatic hydroxyl groups is 1. The van der Waals surface area contributed by atoms with E-state index in [1.165, 1.54) is 17.0 Å². The molecule has 2 heterocycles. The maximum atomic E-state index is 12.2. The molecule has 30 heavy (non-hydrogen) atoms. The van der Waals surface area contributed by atoms with Crippen LogP contribution < -0.4 is 16.0 Å². The minimum atomic E-state index is -0.646. The Balaban J connectivity index is 0.00000155. The van der Waals surface area contributed by atoms with Crippen molar-refractivity contribution in [1.82, 2.24) is 15.5 Å². The Morgan fingerprint density at radius 2 is 1.77 bits per heavy atom. The highest BCUT2D eigenvalue weighted by Crippen LogP contribution is 2.30. The summed E-state index contributed by atoms with van der Waals surface area (Å²) in [6, 6.07) is 8.07. The fourth-order valence-corrected chi connectivity index (χ4v) is 2.69. The highest BCUT2D eigenvalue weighted by molar-refractivity contribution is 6.20. The third-order valence-electron chi connectivity index (χ3n) is 4.10. The van der Waals surface area contributed by atoms with Crippen molar-refractivity contribution in [2.75, 3.05) is 19.4 Å². The van der Waals surface area contributed by atoms with E-state index in [2.05, 4.69) is 16.0 Å². The predicted molar refractivity (Wildman–Crippen MR) is 112 cm³/mol. The van der Waals surface area contributed by atoms with E-state index in [4.69, 9.17) is 4.42 Å². The van der Waals surface area contributed by atoms with Crippen molar-refractivity contribution in [2.24, 2.45) is 0 Å². The lowest BCUT2D eigenvalue weighted by atomic mass is 10.1. The number of phenols is 1. The van der Waals surface area contributed by atoms with Crippen LogP contribution in [0.3, 0.4) is 0 Å². The topological polar surface area (TPSA) is 124 Å². The van der Waals surface area contributed by atoms with E-state index < -0.39 is 17.7 Å². The van der Waals surface area contributed by atoms with Crippen molar-refractivity contribution >= 4 is 23.4 Å². The number of para-hydroxylation sites is 1. The number of furan rings is 1. The van der Waals surface area contributed by atoms with Gasteiger partial charge in [0.15, 0.2) is 5.75 Å². The summed E-state index contributed by atoms with van der Waals surface area (Å²) in [7, 11) is 3.12. The molecular formula is C21H26N4O5. The molecule has 1 aromatic carbocycles. The molecule has 0 saturated carbocycles. The first-order valence-electron chi connectivity index (χ1n) is 9.47. The quantitative estimate of drug-likeness (QED) is 0.421. The van der Waals surface area contributed by atoms with Crippen LogP contribution in [0.4, 0.5) is 5.69 Å². The molecule has 9 heteroatoms. The molecule has 1 aliphatic heterocycles. The van der Waals surface area contributed by atoms with Gasteiger partial charge in [0.05, 0.1) is 17.8 Å². The Kier molecular flexibility index (Phi) is 7.24. The van der Waals surface area contributed by atoms with Crippen molar-refractivity contribution in [3.63, 3.8) is 0 Å². The lowest BCUT2D eigenvalue weighted by Gasteiger charge is -2.15. The number of nitrogens with zero attached hydrogens (tertiary/aromatic N) is 1. The third-order valence-corrected chi connectivity index (χ3v) is 4.10. The van der Waals surface area contributed by atoms with E-state index in [-0.39, 0.29) is 34.9 Å². The number of hydrogen-bond acceptors (Lipinski definition) is 7. The Morgan fingerprint density at radius 1 is 1.10 bits per heavy atom. The van der Waals surface area contributed by atoms with Crippen LogP contribution in [0.25, 0.3) is 0 Å². The monoisotopic (exact) mass is 414 g/mol. The van der Waals surface area contributed by atoms with Crippen molar-refractivity contribution in [3.8, 4) is 5.75 Å². The Hall–Kier alpha value is -3.75. The van der Waals surface area contributed by atoms with Crippen molar-refractivity contribution in [3.05, 3.63) is 58.8 Å². The second kappa shape index (κ2) is 9.64. The van der Waals surface area contributed by atoms with E-state index in [1.807, 2.05) is 13.8 Å². The van der Waals surface area contributed by atoms with E-state index in [0.29, 0.717) is 5.76 Å². The molecule has 4 N–H and O–H groups in total. The summed E-state index contributed by atoms with van der Waals surface area (Å²) < 4.78 is 5.44. The first-order chi connectivity index (χ1) is 14.3. The van der Waals surface area contributed by atoms with E-state index >= 15 is 0 Å². The van der Waals surface area contributed by atoms with Gasteiger partial charge < -0.3 is 25.1 Å². The first-order valence-corrected chi connectivity index (χ1v) is 9.47. The summed E-state index contributed by atoms with van der Waals surface area (Å²) in [5.41, 5.74) is 0.155. The van der Waals surface area contributed by atoms with Gasteiger partial charge in [-0.15, -0.1) is 0 Å². The average Bonchev–Trinajstić information content (AvgIpc) is 3.25. The molecule has 0 aliphatic carbocycles. The van der Waals surface area contributed by atoms with Gasteiger partial charge in [0.2, 0.25) is 0 Å². The Morgan fingerprint density at radius 3 is 2.37 bits per heavy atom. The number of aryl methyl sites for hydroxylation is 1. The molecule has 0 unspecified atom stereocenters. The summed E-state index contributed by atoms with van der Waals surface area (Å²) in [6.07, 6.45) is 0. The number of nitrogens with one attached hydrogen (secondary N) is 3. The molecule has 2 aromatic rings. The summed E-state index contributed by atoms with van der Waals surface area (Å²) in [5.74, 6) is -0.639. The number of benzene rings is 1. The minimum absolute atomic E-state index is 0.0165. The Labute approximate surface area is 174 Å². The molecule has 1 aromatic heterocycles.